The standard InChI is InChI=1S/C19H34N4O2.HI/c1-14(2)10-18(23-6-8-24-9-7-23)13-22-19(20-5)21-12-17-11-15(3)25-16(17)4;/h11,14,18H,6-10,12-13H2,1-5H3,(H2,20,21,22);1H. The van der Waals surface area contributed by atoms with Crippen molar-refractivity contribution >= 4 is 29.9 Å². The topological polar surface area (TPSA) is 62.0 Å². The van der Waals surface area contributed by atoms with E-state index in [1.54, 1.807) is 0 Å². The van der Waals surface area contributed by atoms with Gasteiger partial charge in [-0.15, -0.1) is 24.0 Å². The number of hydrogen-bond acceptors (Lipinski definition) is 4. The minimum atomic E-state index is 0. The smallest absolute Gasteiger partial charge is 0.191 e. The van der Waals surface area contributed by atoms with E-state index < -0.39 is 0 Å². The third-order valence-corrected chi connectivity index (χ3v) is 4.62. The second-order valence-corrected chi connectivity index (χ2v) is 7.18. The molecule has 2 rings (SSSR count). The first-order valence-corrected chi connectivity index (χ1v) is 9.31. The molecule has 0 amide bonds. The number of hydrogen-bond donors (Lipinski definition) is 2. The van der Waals surface area contributed by atoms with Gasteiger partial charge < -0.3 is 19.8 Å². The van der Waals surface area contributed by atoms with Gasteiger partial charge in [-0.05, 0) is 32.3 Å². The molecular formula is C19H35IN4O2. The lowest BCUT2D eigenvalue weighted by Gasteiger charge is -2.35. The molecule has 1 aromatic heterocycles. The zero-order chi connectivity index (χ0) is 18.2. The minimum Gasteiger partial charge on any atom is -0.466 e. The number of rotatable bonds is 7. The first kappa shape index (κ1) is 23.2. The molecule has 1 unspecified atom stereocenters. The van der Waals surface area contributed by atoms with Gasteiger partial charge in [0, 0.05) is 44.8 Å². The van der Waals surface area contributed by atoms with Crippen LogP contribution in [0.25, 0.3) is 0 Å². The average molecular weight is 478 g/mol. The highest BCUT2D eigenvalue weighted by atomic mass is 127. The molecule has 2 heterocycles. The molecule has 6 nitrogen and oxygen atoms in total. The van der Waals surface area contributed by atoms with Gasteiger partial charge in [0.25, 0.3) is 0 Å². The minimum absolute atomic E-state index is 0. The molecule has 1 aliphatic heterocycles. The van der Waals surface area contributed by atoms with Crippen molar-refractivity contribution in [2.24, 2.45) is 10.9 Å². The highest BCUT2D eigenvalue weighted by molar-refractivity contribution is 14.0. The zero-order valence-corrected chi connectivity index (χ0v) is 19.1. The van der Waals surface area contributed by atoms with Crippen LogP contribution >= 0.6 is 24.0 Å². The summed E-state index contributed by atoms with van der Waals surface area (Å²) in [5.74, 6) is 3.41. The van der Waals surface area contributed by atoms with Gasteiger partial charge in [0.05, 0.1) is 13.2 Å². The highest BCUT2D eigenvalue weighted by Gasteiger charge is 2.22. The Morgan fingerprint density at radius 2 is 1.92 bits per heavy atom. The lowest BCUT2D eigenvalue weighted by atomic mass is 10.0. The molecule has 1 aromatic rings. The van der Waals surface area contributed by atoms with Crippen molar-refractivity contribution in [1.29, 1.82) is 0 Å². The Morgan fingerprint density at radius 1 is 1.23 bits per heavy atom. The summed E-state index contributed by atoms with van der Waals surface area (Å²) in [6.07, 6.45) is 1.17. The third-order valence-electron chi connectivity index (χ3n) is 4.62. The van der Waals surface area contributed by atoms with E-state index in [2.05, 4.69) is 40.4 Å². The largest absolute Gasteiger partial charge is 0.466 e. The lowest BCUT2D eigenvalue weighted by Crippen LogP contribution is -2.50. The molecule has 0 radical (unpaired) electrons. The van der Waals surface area contributed by atoms with Crippen molar-refractivity contribution in [2.75, 3.05) is 39.9 Å². The third kappa shape index (κ3) is 7.44. The summed E-state index contributed by atoms with van der Waals surface area (Å²) in [4.78, 5) is 6.89. The van der Waals surface area contributed by atoms with Gasteiger partial charge in [-0.1, -0.05) is 13.8 Å². The van der Waals surface area contributed by atoms with Crippen molar-refractivity contribution in [2.45, 2.75) is 46.7 Å². The van der Waals surface area contributed by atoms with Crippen LogP contribution < -0.4 is 10.6 Å². The number of morpholine rings is 1. The molecule has 150 valence electrons. The van der Waals surface area contributed by atoms with E-state index in [1.807, 2.05) is 20.9 Å². The molecule has 1 aliphatic rings. The highest BCUT2D eigenvalue weighted by Crippen LogP contribution is 2.14. The first-order valence-electron chi connectivity index (χ1n) is 9.31. The molecule has 7 heteroatoms. The van der Waals surface area contributed by atoms with E-state index in [0.717, 1.165) is 56.9 Å². The van der Waals surface area contributed by atoms with E-state index in [0.29, 0.717) is 12.0 Å². The van der Waals surface area contributed by atoms with Crippen LogP contribution in [-0.2, 0) is 11.3 Å². The van der Waals surface area contributed by atoms with Crippen LogP contribution in [0, 0.1) is 19.8 Å². The van der Waals surface area contributed by atoms with Crippen molar-refractivity contribution < 1.29 is 9.15 Å². The van der Waals surface area contributed by atoms with Crippen LogP contribution in [-0.4, -0.2) is 56.8 Å². The van der Waals surface area contributed by atoms with Crippen LogP contribution in [0.1, 0.15) is 37.4 Å². The van der Waals surface area contributed by atoms with Crippen LogP contribution in [0.4, 0.5) is 0 Å². The van der Waals surface area contributed by atoms with Gasteiger partial charge in [0.2, 0.25) is 0 Å². The molecule has 0 aromatic carbocycles. The molecule has 2 N–H and O–H groups in total. The Hall–Kier alpha value is -0.800. The van der Waals surface area contributed by atoms with E-state index in [-0.39, 0.29) is 24.0 Å². The monoisotopic (exact) mass is 478 g/mol. The molecule has 0 saturated carbocycles. The number of furan rings is 1. The number of ether oxygens (including phenoxy) is 1. The summed E-state index contributed by atoms with van der Waals surface area (Å²) in [6, 6.07) is 2.57. The summed E-state index contributed by atoms with van der Waals surface area (Å²) in [5, 5.41) is 6.88. The van der Waals surface area contributed by atoms with E-state index in [9.17, 15) is 0 Å². The second kappa shape index (κ2) is 11.8. The fraction of sp³-hybridized carbons (Fsp3) is 0.737. The Labute approximate surface area is 175 Å². The van der Waals surface area contributed by atoms with Crippen molar-refractivity contribution in [3.8, 4) is 0 Å². The molecule has 0 spiro atoms. The van der Waals surface area contributed by atoms with E-state index in [4.69, 9.17) is 9.15 Å². The molecule has 1 fully saturated rings. The molecule has 26 heavy (non-hydrogen) atoms. The predicted octanol–water partition coefficient (Wildman–Crippen LogP) is 2.93. The maximum absolute atomic E-state index is 5.58. The number of halogens is 1. The molecule has 1 atom stereocenters. The van der Waals surface area contributed by atoms with Gasteiger partial charge in [0.1, 0.15) is 11.5 Å². The zero-order valence-electron chi connectivity index (χ0n) is 16.8. The second-order valence-electron chi connectivity index (χ2n) is 7.18. The molecule has 1 saturated heterocycles. The van der Waals surface area contributed by atoms with Crippen LogP contribution in [0.3, 0.4) is 0 Å². The number of nitrogens with zero attached hydrogens (tertiary/aromatic N) is 2. The van der Waals surface area contributed by atoms with E-state index >= 15 is 0 Å². The van der Waals surface area contributed by atoms with E-state index in [1.165, 1.54) is 12.0 Å². The number of nitrogens with one attached hydrogen (secondary N) is 2. The number of aliphatic imine (C=N–C) groups is 1. The molecule has 0 bridgehead atoms. The summed E-state index contributed by atoms with van der Waals surface area (Å²) in [6.45, 7) is 13.8. The van der Waals surface area contributed by atoms with Crippen LogP contribution in [0.5, 0.6) is 0 Å². The average Bonchev–Trinajstić information content (AvgIpc) is 2.91. The summed E-state index contributed by atoms with van der Waals surface area (Å²) < 4.78 is 11.1. The molecular weight excluding hydrogens is 443 g/mol. The normalized spacial score (nSPS) is 17.1. The number of aryl methyl sites for hydroxylation is 2. The molecule has 0 aliphatic carbocycles. The van der Waals surface area contributed by atoms with Gasteiger partial charge in [-0.2, -0.15) is 0 Å². The summed E-state index contributed by atoms with van der Waals surface area (Å²) in [7, 11) is 1.81. The Morgan fingerprint density at radius 3 is 2.46 bits per heavy atom. The van der Waals surface area contributed by atoms with Gasteiger partial charge >= 0.3 is 0 Å². The fourth-order valence-corrected chi connectivity index (χ4v) is 3.32. The van der Waals surface area contributed by atoms with Gasteiger partial charge in [-0.25, -0.2) is 0 Å². The maximum atomic E-state index is 5.58. The van der Waals surface area contributed by atoms with Crippen molar-refractivity contribution in [3.63, 3.8) is 0 Å². The Bertz CT molecular complexity index is 554. The van der Waals surface area contributed by atoms with Gasteiger partial charge in [0.15, 0.2) is 5.96 Å². The van der Waals surface area contributed by atoms with Crippen molar-refractivity contribution in [3.05, 3.63) is 23.2 Å². The SMILES string of the molecule is CN=C(NCc1cc(C)oc1C)NCC(CC(C)C)N1CCOCC1.I. The number of guanidine groups is 1. The quantitative estimate of drug-likeness (QED) is 0.359. The lowest BCUT2D eigenvalue weighted by molar-refractivity contribution is 0.0132. The van der Waals surface area contributed by atoms with Crippen LogP contribution in [0.2, 0.25) is 0 Å². The predicted molar refractivity (Wildman–Crippen MR) is 117 cm³/mol. The van der Waals surface area contributed by atoms with Crippen LogP contribution in [0.15, 0.2) is 15.5 Å². The first-order chi connectivity index (χ1) is 12.0. The van der Waals surface area contributed by atoms with Crippen molar-refractivity contribution in [1.82, 2.24) is 15.5 Å². The fourth-order valence-electron chi connectivity index (χ4n) is 3.32. The summed E-state index contributed by atoms with van der Waals surface area (Å²) >= 11 is 0. The van der Waals surface area contributed by atoms with Gasteiger partial charge in [-0.3, -0.25) is 9.89 Å². The Kier molecular flexibility index (Phi) is 10.6. The maximum Gasteiger partial charge on any atom is 0.191 e. The Balaban J connectivity index is 0.00000338. The summed E-state index contributed by atoms with van der Waals surface area (Å²) in [5.41, 5.74) is 1.17.